The normalized spacial score (nSPS) is 10.4. The van der Waals surface area contributed by atoms with Crippen LogP contribution in [0.3, 0.4) is 0 Å². The SMILES string of the molecule is COc1cccc(CC(=O)CSc2cccc(F)c2)c1F. The lowest BCUT2D eigenvalue weighted by Gasteiger charge is -2.07. The van der Waals surface area contributed by atoms with Crippen molar-refractivity contribution in [3.63, 3.8) is 0 Å². The van der Waals surface area contributed by atoms with Crippen LogP contribution in [0.15, 0.2) is 47.4 Å². The molecule has 110 valence electrons. The van der Waals surface area contributed by atoms with E-state index in [1.54, 1.807) is 24.3 Å². The van der Waals surface area contributed by atoms with E-state index in [9.17, 15) is 13.6 Å². The minimum Gasteiger partial charge on any atom is -0.494 e. The van der Waals surface area contributed by atoms with Crippen LogP contribution >= 0.6 is 11.8 Å². The fraction of sp³-hybridized carbons (Fsp3) is 0.188. The molecule has 2 rings (SSSR count). The third kappa shape index (κ3) is 4.29. The maximum Gasteiger partial charge on any atom is 0.168 e. The van der Waals surface area contributed by atoms with Gasteiger partial charge in [-0.2, -0.15) is 0 Å². The highest BCUT2D eigenvalue weighted by molar-refractivity contribution is 8.00. The summed E-state index contributed by atoms with van der Waals surface area (Å²) in [6.07, 6.45) is -0.00858. The first-order chi connectivity index (χ1) is 10.1. The fourth-order valence-corrected chi connectivity index (χ4v) is 2.63. The van der Waals surface area contributed by atoms with Gasteiger partial charge in [-0.1, -0.05) is 18.2 Å². The predicted molar refractivity (Wildman–Crippen MR) is 78.8 cm³/mol. The van der Waals surface area contributed by atoms with Gasteiger partial charge in [0, 0.05) is 11.3 Å². The van der Waals surface area contributed by atoms with Crippen molar-refractivity contribution in [3.05, 3.63) is 59.7 Å². The summed E-state index contributed by atoms with van der Waals surface area (Å²) >= 11 is 1.23. The van der Waals surface area contributed by atoms with E-state index in [0.717, 1.165) is 0 Å². The van der Waals surface area contributed by atoms with Crippen LogP contribution in [-0.2, 0) is 11.2 Å². The molecule has 2 nitrogen and oxygen atoms in total. The van der Waals surface area contributed by atoms with E-state index in [2.05, 4.69) is 0 Å². The number of hydrogen-bond donors (Lipinski definition) is 0. The van der Waals surface area contributed by atoms with E-state index in [4.69, 9.17) is 4.74 Å². The number of carbonyl (C=O) groups is 1. The van der Waals surface area contributed by atoms with Crippen LogP contribution in [-0.4, -0.2) is 18.6 Å². The summed E-state index contributed by atoms with van der Waals surface area (Å²) < 4.78 is 31.8. The van der Waals surface area contributed by atoms with E-state index >= 15 is 0 Å². The van der Waals surface area contributed by atoms with Gasteiger partial charge < -0.3 is 4.74 Å². The minimum atomic E-state index is -0.510. The van der Waals surface area contributed by atoms with Crippen LogP contribution in [0.2, 0.25) is 0 Å². The number of hydrogen-bond acceptors (Lipinski definition) is 3. The summed E-state index contributed by atoms with van der Waals surface area (Å²) in [7, 11) is 1.38. The van der Waals surface area contributed by atoms with Crippen LogP contribution in [0, 0.1) is 11.6 Å². The van der Waals surface area contributed by atoms with Crippen molar-refractivity contribution in [2.45, 2.75) is 11.3 Å². The molecule has 0 aliphatic carbocycles. The van der Waals surface area contributed by atoms with Crippen molar-refractivity contribution in [1.82, 2.24) is 0 Å². The highest BCUT2D eigenvalue weighted by atomic mass is 32.2. The highest BCUT2D eigenvalue weighted by Crippen LogP contribution is 2.22. The van der Waals surface area contributed by atoms with Gasteiger partial charge in [0.2, 0.25) is 0 Å². The van der Waals surface area contributed by atoms with Crippen LogP contribution in [0.25, 0.3) is 0 Å². The van der Waals surface area contributed by atoms with Crippen molar-refractivity contribution in [2.24, 2.45) is 0 Å². The van der Waals surface area contributed by atoms with E-state index in [0.29, 0.717) is 10.5 Å². The molecule has 0 aliphatic heterocycles. The van der Waals surface area contributed by atoms with Gasteiger partial charge >= 0.3 is 0 Å². The molecule has 0 saturated carbocycles. The molecule has 0 aliphatic rings. The Kier molecular flexibility index (Phi) is 5.33. The molecule has 0 spiro atoms. The molecule has 0 heterocycles. The quantitative estimate of drug-likeness (QED) is 0.758. The van der Waals surface area contributed by atoms with Gasteiger partial charge in [0.1, 0.15) is 11.6 Å². The second-order valence-electron chi connectivity index (χ2n) is 4.39. The first-order valence-corrected chi connectivity index (χ1v) is 7.30. The molecule has 0 radical (unpaired) electrons. The zero-order valence-corrected chi connectivity index (χ0v) is 12.3. The van der Waals surface area contributed by atoms with Gasteiger partial charge in [0.05, 0.1) is 12.9 Å². The predicted octanol–water partition coefficient (Wildman–Crippen LogP) is 3.88. The lowest BCUT2D eigenvalue weighted by Crippen LogP contribution is -2.07. The van der Waals surface area contributed by atoms with Crippen molar-refractivity contribution in [2.75, 3.05) is 12.9 Å². The molecule has 0 aromatic heterocycles. The Morgan fingerprint density at radius 1 is 1.19 bits per heavy atom. The number of carbonyl (C=O) groups excluding carboxylic acids is 1. The largest absolute Gasteiger partial charge is 0.494 e. The summed E-state index contributed by atoms with van der Waals surface area (Å²) in [5, 5.41) is 0. The molecule has 0 unspecified atom stereocenters. The number of rotatable bonds is 6. The highest BCUT2D eigenvalue weighted by Gasteiger charge is 2.12. The summed E-state index contributed by atoms with van der Waals surface area (Å²) in [6.45, 7) is 0. The Morgan fingerprint density at radius 2 is 1.95 bits per heavy atom. The Morgan fingerprint density at radius 3 is 2.67 bits per heavy atom. The molecular weight excluding hydrogens is 294 g/mol. The molecule has 0 atom stereocenters. The Balaban J connectivity index is 1.96. The maximum atomic E-state index is 13.9. The molecule has 0 N–H and O–H groups in total. The molecule has 0 saturated heterocycles. The molecule has 2 aromatic rings. The molecular formula is C16H14F2O2S. The summed E-state index contributed by atoms with van der Waals surface area (Å²) in [4.78, 5) is 12.6. The smallest absolute Gasteiger partial charge is 0.168 e. The van der Waals surface area contributed by atoms with Gasteiger partial charge in [0.25, 0.3) is 0 Å². The van der Waals surface area contributed by atoms with E-state index < -0.39 is 5.82 Å². The van der Waals surface area contributed by atoms with Crippen molar-refractivity contribution >= 4 is 17.5 Å². The number of methoxy groups -OCH3 is 1. The molecule has 0 bridgehead atoms. The maximum absolute atomic E-state index is 13.9. The summed E-state index contributed by atoms with van der Waals surface area (Å²) in [5.41, 5.74) is 0.305. The minimum absolute atomic E-state index is 0.00858. The van der Waals surface area contributed by atoms with E-state index in [-0.39, 0.29) is 29.5 Å². The third-order valence-corrected chi connectivity index (χ3v) is 3.90. The Hall–Kier alpha value is -1.88. The van der Waals surface area contributed by atoms with Crippen LogP contribution < -0.4 is 4.74 Å². The fourth-order valence-electron chi connectivity index (χ4n) is 1.83. The average molecular weight is 308 g/mol. The van der Waals surface area contributed by atoms with Crippen LogP contribution in [0.4, 0.5) is 8.78 Å². The number of ketones is 1. The molecule has 2 aromatic carbocycles. The number of ether oxygens (including phenoxy) is 1. The first kappa shape index (κ1) is 15.5. The average Bonchev–Trinajstić information content (AvgIpc) is 2.47. The van der Waals surface area contributed by atoms with Crippen molar-refractivity contribution in [3.8, 4) is 5.75 Å². The monoisotopic (exact) mass is 308 g/mol. The topological polar surface area (TPSA) is 26.3 Å². The number of halogens is 2. The van der Waals surface area contributed by atoms with Crippen LogP contribution in [0.5, 0.6) is 5.75 Å². The van der Waals surface area contributed by atoms with Gasteiger partial charge in [0.15, 0.2) is 11.6 Å². The number of thioether (sulfide) groups is 1. The van der Waals surface area contributed by atoms with E-state index in [1.807, 2.05) is 0 Å². The Labute approximate surface area is 126 Å². The van der Waals surface area contributed by atoms with Crippen molar-refractivity contribution in [1.29, 1.82) is 0 Å². The van der Waals surface area contributed by atoms with Crippen molar-refractivity contribution < 1.29 is 18.3 Å². The molecule has 0 fully saturated rings. The second-order valence-corrected chi connectivity index (χ2v) is 5.44. The summed E-state index contributed by atoms with van der Waals surface area (Å²) in [5.74, 6) is -0.690. The van der Waals surface area contributed by atoms with Gasteiger partial charge in [-0.05, 0) is 29.8 Å². The standard InChI is InChI=1S/C16H14F2O2S/c1-20-15-7-2-4-11(16(15)18)8-13(19)10-21-14-6-3-5-12(17)9-14/h2-7,9H,8,10H2,1H3. The van der Waals surface area contributed by atoms with Gasteiger partial charge in [-0.25, -0.2) is 8.78 Å². The third-order valence-electron chi connectivity index (χ3n) is 2.85. The lowest BCUT2D eigenvalue weighted by molar-refractivity contribution is -0.116. The second kappa shape index (κ2) is 7.22. The Bertz CT molecular complexity index is 644. The first-order valence-electron chi connectivity index (χ1n) is 6.31. The number of benzene rings is 2. The zero-order valence-electron chi connectivity index (χ0n) is 11.4. The van der Waals surface area contributed by atoms with Gasteiger partial charge in [-0.3, -0.25) is 4.79 Å². The number of Topliss-reactive ketones (excluding diaryl/α,β-unsaturated/α-hetero) is 1. The molecule has 5 heteroatoms. The van der Waals surface area contributed by atoms with Gasteiger partial charge in [-0.15, -0.1) is 11.8 Å². The van der Waals surface area contributed by atoms with E-state index in [1.165, 1.54) is 37.1 Å². The molecule has 0 amide bonds. The molecule has 21 heavy (non-hydrogen) atoms. The zero-order chi connectivity index (χ0) is 15.2. The lowest BCUT2D eigenvalue weighted by atomic mass is 10.1. The summed E-state index contributed by atoms with van der Waals surface area (Å²) in [6, 6.07) is 10.7. The van der Waals surface area contributed by atoms with Crippen LogP contribution in [0.1, 0.15) is 5.56 Å².